The summed E-state index contributed by atoms with van der Waals surface area (Å²) < 4.78 is 0. The summed E-state index contributed by atoms with van der Waals surface area (Å²) in [6, 6.07) is 20.3. The second-order valence-electron chi connectivity index (χ2n) is 6.11. The van der Waals surface area contributed by atoms with Gasteiger partial charge < -0.3 is 4.90 Å². The number of non-ortho nitro benzene ring substituents is 1. The molecule has 0 aliphatic heterocycles. The Balaban J connectivity index is 2.23. The molecule has 0 radical (unpaired) electrons. The van der Waals surface area contributed by atoms with E-state index in [1.54, 1.807) is 17.0 Å². The van der Waals surface area contributed by atoms with Crippen molar-refractivity contribution in [3.05, 3.63) is 76.8 Å². The van der Waals surface area contributed by atoms with Crippen molar-refractivity contribution < 1.29 is 4.92 Å². The van der Waals surface area contributed by atoms with Gasteiger partial charge in [0.05, 0.1) is 16.3 Å². The minimum Gasteiger partial charge on any atom is -0.343 e. The molecule has 3 aromatic rings. The largest absolute Gasteiger partial charge is 0.343 e. The molecule has 0 bridgehead atoms. The molecule has 0 atom stereocenters. The fourth-order valence-corrected chi connectivity index (χ4v) is 3.19. The monoisotopic (exact) mass is 362 g/mol. The molecule has 0 amide bonds. The lowest BCUT2D eigenvalue weighted by Crippen LogP contribution is -2.41. The number of rotatable bonds is 5. The summed E-state index contributed by atoms with van der Waals surface area (Å²) in [5.41, 5.74) is 1.42. The van der Waals surface area contributed by atoms with E-state index in [0.717, 1.165) is 16.5 Å². The molecule has 0 saturated carbocycles. The van der Waals surface area contributed by atoms with Gasteiger partial charge in [-0.05, 0) is 31.4 Å². The fourth-order valence-electron chi connectivity index (χ4n) is 3.19. The number of hydrogen-bond donors (Lipinski definition) is 1. The van der Waals surface area contributed by atoms with Crippen LogP contribution in [0.15, 0.2) is 66.7 Å². The third-order valence-electron chi connectivity index (χ3n) is 4.58. The Bertz CT molecular complexity index is 977. The summed E-state index contributed by atoms with van der Waals surface area (Å²) >= 11 is 0. The van der Waals surface area contributed by atoms with Crippen LogP contribution in [0.25, 0.3) is 10.8 Å². The van der Waals surface area contributed by atoms with Gasteiger partial charge in [-0.15, -0.1) is 0 Å². The Hall–Kier alpha value is -3.41. The number of hydrogen-bond acceptors (Lipinski definition) is 3. The third kappa shape index (κ3) is 3.60. The highest BCUT2D eigenvalue weighted by atomic mass is 16.6. The molecule has 138 valence electrons. The lowest BCUT2D eigenvalue weighted by molar-refractivity contribution is -0.384. The van der Waals surface area contributed by atoms with Gasteiger partial charge in [-0.1, -0.05) is 42.5 Å². The average Bonchev–Trinajstić information content (AvgIpc) is 2.69. The van der Waals surface area contributed by atoms with E-state index < -0.39 is 4.92 Å². The van der Waals surface area contributed by atoms with Crippen molar-refractivity contribution in [1.82, 2.24) is 4.90 Å². The summed E-state index contributed by atoms with van der Waals surface area (Å²) in [6.45, 7) is 5.33. The first kappa shape index (κ1) is 18.4. The van der Waals surface area contributed by atoms with Gasteiger partial charge in [0.25, 0.3) is 5.69 Å². The predicted octanol–water partition coefficient (Wildman–Crippen LogP) is 5.16. The summed E-state index contributed by atoms with van der Waals surface area (Å²) in [7, 11) is 0. The summed E-state index contributed by atoms with van der Waals surface area (Å²) in [5, 5.41) is 22.1. The number of nitro groups is 1. The van der Waals surface area contributed by atoms with Gasteiger partial charge >= 0.3 is 0 Å². The lowest BCUT2D eigenvalue weighted by Gasteiger charge is -2.33. The van der Waals surface area contributed by atoms with Crippen LogP contribution in [0.1, 0.15) is 13.8 Å². The Labute approximate surface area is 158 Å². The fraction of sp³-hybridized carbons (Fsp3) is 0.190. The summed E-state index contributed by atoms with van der Waals surface area (Å²) in [6.07, 6.45) is 0. The SMILES string of the molecule is CCN(CC)C(=N)N(c1cccc([N+](=O)[O-])c1)c1cccc2ccccc12. The van der Waals surface area contributed by atoms with Gasteiger partial charge in [0.1, 0.15) is 0 Å². The standard InChI is InChI=1S/C21H22N4O2/c1-3-23(4-2)21(22)24(17-11-8-12-18(15-17)25(26)27)20-14-7-10-16-9-5-6-13-19(16)20/h5-15,22H,3-4H2,1-2H3. The van der Waals surface area contributed by atoms with E-state index in [1.165, 1.54) is 12.1 Å². The van der Waals surface area contributed by atoms with E-state index in [1.807, 2.05) is 61.2 Å². The van der Waals surface area contributed by atoms with E-state index in [4.69, 9.17) is 5.41 Å². The van der Waals surface area contributed by atoms with Gasteiger partial charge in [0.2, 0.25) is 5.96 Å². The van der Waals surface area contributed by atoms with Crippen molar-refractivity contribution >= 4 is 33.8 Å². The van der Waals surface area contributed by atoms with Crippen LogP contribution >= 0.6 is 0 Å². The van der Waals surface area contributed by atoms with Crippen molar-refractivity contribution in [1.29, 1.82) is 5.41 Å². The Morgan fingerprint density at radius 3 is 2.37 bits per heavy atom. The van der Waals surface area contributed by atoms with Gasteiger partial charge in [-0.25, -0.2) is 0 Å². The van der Waals surface area contributed by atoms with Crippen LogP contribution in [-0.2, 0) is 0 Å². The third-order valence-corrected chi connectivity index (χ3v) is 4.58. The van der Waals surface area contributed by atoms with E-state index in [-0.39, 0.29) is 11.6 Å². The minimum absolute atomic E-state index is 0.00471. The average molecular weight is 362 g/mol. The van der Waals surface area contributed by atoms with Gasteiger partial charge in [0.15, 0.2) is 0 Å². The quantitative estimate of drug-likeness (QED) is 0.294. The van der Waals surface area contributed by atoms with Crippen LogP contribution in [0, 0.1) is 15.5 Å². The van der Waals surface area contributed by atoms with E-state index >= 15 is 0 Å². The molecule has 0 heterocycles. The molecule has 0 fully saturated rings. The van der Waals surface area contributed by atoms with Crippen molar-refractivity contribution in [3.8, 4) is 0 Å². The molecule has 0 saturated heterocycles. The van der Waals surface area contributed by atoms with Crippen molar-refractivity contribution in [2.24, 2.45) is 0 Å². The highest BCUT2D eigenvalue weighted by molar-refractivity contribution is 6.08. The Morgan fingerprint density at radius 2 is 1.67 bits per heavy atom. The number of nitrogens with zero attached hydrogens (tertiary/aromatic N) is 3. The molecule has 3 rings (SSSR count). The van der Waals surface area contributed by atoms with Crippen LogP contribution in [0.5, 0.6) is 0 Å². The zero-order valence-corrected chi connectivity index (χ0v) is 15.4. The first-order chi connectivity index (χ1) is 13.1. The first-order valence-corrected chi connectivity index (χ1v) is 8.92. The molecule has 3 aromatic carbocycles. The Morgan fingerprint density at radius 1 is 1.00 bits per heavy atom. The van der Waals surface area contributed by atoms with Crippen molar-refractivity contribution in [2.45, 2.75) is 13.8 Å². The van der Waals surface area contributed by atoms with Gasteiger partial charge in [0, 0.05) is 30.6 Å². The van der Waals surface area contributed by atoms with Gasteiger partial charge in [-0.3, -0.25) is 20.4 Å². The maximum absolute atomic E-state index is 11.3. The molecule has 6 heteroatoms. The minimum atomic E-state index is -0.411. The molecular weight excluding hydrogens is 340 g/mol. The van der Waals surface area contributed by atoms with Crippen LogP contribution in [0.4, 0.5) is 17.1 Å². The zero-order valence-electron chi connectivity index (χ0n) is 15.4. The maximum Gasteiger partial charge on any atom is 0.271 e. The van der Waals surface area contributed by atoms with Crippen LogP contribution in [0.2, 0.25) is 0 Å². The predicted molar refractivity (Wildman–Crippen MR) is 110 cm³/mol. The van der Waals surface area contributed by atoms with E-state index in [2.05, 4.69) is 0 Å². The van der Waals surface area contributed by atoms with Gasteiger partial charge in [-0.2, -0.15) is 0 Å². The van der Waals surface area contributed by atoms with Crippen molar-refractivity contribution in [3.63, 3.8) is 0 Å². The molecule has 0 unspecified atom stereocenters. The number of nitro benzene ring substituents is 1. The van der Waals surface area contributed by atoms with E-state index in [0.29, 0.717) is 18.8 Å². The second kappa shape index (κ2) is 7.86. The molecular formula is C21H22N4O2. The van der Waals surface area contributed by atoms with Crippen LogP contribution in [-0.4, -0.2) is 28.9 Å². The number of guanidine groups is 1. The zero-order chi connectivity index (χ0) is 19.4. The van der Waals surface area contributed by atoms with Crippen LogP contribution in [0.3, 0.4) is 0 Å². The number of nitrogens with one attached hydrogen (secondary N) is 1. The molecule has 0 spiro atoms. The Kier molecular flexibility index (Phi) is 5.35. The molecule has 0 aliphatic carbocycles. The molecule has 0 aliphatic rings. The first-order valence-electron chi connectivity index (χ1n) is 8.92. The topological polar surface area (TPSA) is 73.5 Å². The highest BCUT2D eigenvalue weighted by Crippen LogP contribution is 2.34. The lowest BCUT2D eigenvalue weighted by atomic mass is 10.1. The number of anilines is 2. The smallest absolute Gasteiger partial charge is 0.271 e. The van der Waals surface area contributed by atoms with Crippen LogP contribution < -0.4 is 4.90 Å². The maximum atomic E-state index is 11.3. The number of fused-ring (bicyclic) bond motifs is 1. The highest BCUT2D eigenvalue weighted by Gasteiger charge is 2.22. The molecule has 6 nitrogen and oxygen atoms in total. The second-order valence-corrected chi connectivity index (χ2v) is 6.11. The molecule has 0 aromatic heterocycles. The molecule has 1 N–H and O–H groups in total. The van der Waals surface area contributed by atoms with E-state index in [9.17, 15) is 10.1 Å². The molecule has 27 heavy (non-hydrogen) atoms. The summed E-state index contributed by atoms with van der Waals surface area (Å²) in [5.74, 6) is 0.289. The number of benzene rings is 3. The normalized spacial score (nSPS) is 10.6. The summed E-state index contributed by atoms with van der Waals surface area (Å²) in [4.78, 5) is 14.6. The van der Waals surface area contributed by atoms with Crippen molar-refractivity contribution in [2.75, 3.05) is 18.0 Å².